The van der Waals surface area contributed by atoms with Crippen molar-refractivity contribution in [1.29, 1.82) is 0 Å². The molecular weight excluding hydrogens is 168 g/mol. The fourth-order valence-corrected chi connectivity index (χ4v) is 1.04. The van der Waals surface area contributed by atoms with Gasteiger partial charge in [0.05, 0.1) is 13.2 Å². The normalized spacial score (nSPS) is 13.2. The molecule has 0 aromatic carbocycles. The van der Waals surface area contributed by atoms with E-state index in [9.17, 15) is 0 Å². The molecule has 1 atom stereocenters. The molecule has 1 unspecified atom stereocenters. The molecule has 0 radical (unpaired) electrons. The van der Waals surface area contributed by atoms with Crippen LogP contribution in [0.3, 0.4) is 0 Å². The maximum atomic E-state index is 5.00. The van der Waals surface area contributed by atoms with Crippen molar-refractivity contribution in [3.8, 4) is 0 Å². The number of aromatic nitrogens is 3. The number of nitrogens with zero attached hydrogens (tertiary/aromatic N) is 3. The van der Waals surface area contributed by atoms with Gasteiger partial charge in [0.15, 0.2) is 0 Å². The topological polar surface area (TPSA) is 52.0 Å². The number of hydrogen-bond acceptors (Lipinski definition) is 4. The Labute approximate surface area is 78.1 Å². The third-order valence-electron chi connectivity index (χ3n) is 1.83. The predicted molar refractivity (Wildman–Crippen MR) is 49.2 cm³/mol. The molecular formula is C8H16N4O. The van der Waals surface area contributed by atoms with Gasteiger partial charge in [-0.3, -0.25) is 0 Å². The Morgan fingerprint density at radius 2 is 2.46 bits per heavy atom. The lowest BCUT2D eigenvalue weighted by Gasteiger charge is -2.11. The van der Waals surface area contributed by atoms with E-state index in [4.69, 9.17) is 4.74 Å². The minimum atomic E-state index is 0.335. The second kappa shape index (κ2) is 4.94. The highest BCUT2D eigenvalue weighted by Crippen LogP contribution is 1.91. The van der Waals surface area contributed by atoms with E-state index in [-0.39, 0.29) is 0 Å². The molecule has 0 saturated heterocycles. The zero-order valence-corrected chi connectivity index (χ0v) is 8.32. The Bertz CT molecular complexity index is 248. The van der Waals surface area contributed by atoms with Gasteiger partial charge in [-0.25, -0.2) is 0 Å². The van der Waals surface area contributed by atoms with Crippen LogP contribution in [0.15, 0.2) is 6.33 Å². The van der Waals surface area contributed by atoms with Crippen LogP contribution in [0.5, 0.6) is 0 Å². The first kappa shape index (κ1) is 10.1. The van der Waals surface area contributed by atoms with Crippen LogP contribution in [0.25, 0.3) is 0 Å². The lowest BCUT2D eigenvalue weighted by atomic mass is 10.3. The van der Waals surface area contributed by atoms with Crippen molar-refractivity contribution in [2.45, 2.75) is 19.5 Å². The highest BCUT2D eigenvalue weighted by atomic mass is 16.5. The summed E-state index contributed by atoms with van der Waals surface area (Å²) in [4.78, 5) is 0. The SMILES string of the molecule is COCC(C)NCc1nncn1C. The summed E-state index contributed by atoms with van der Waals surface area (Å²) in [6.45, 7) is 3.50. The zero-order chi connectivity index (χ0) is 9.68. The summed E-state index contributed by atoms with van der Waals surface area (Å²) in [6.07, 6.45) is 1.69. The molecule has 0 saturated carbocycles. The van der Waals surface area contributed by atoms with Gasteiger partial charge >= 0.3 is 0 Å². The molecule has 0 aliphatic heterocycles. The lowest BCUT2D eigenvalue weighted by molar-refractivity contribution is 0.171. The van der Waals surface area contributed by atoms with Crippen LogP contribution in [-0.2, 0) is 18.3 Å². The first-order chi connectivity index (χ1) is 6.24. The fourth-order valence-electron chi connectivity index (χ4n) is 1.04. The minimum Gasteiger partial charge on any atom is -0.383 e. The molecule has 0 aliphatic rings. The number of rotatable bonds is 5. The molecule has 0 bridgehead atoms. The summed E-state index contributed by atoms with van der Waals surface area (Å²) < 4.78 is 6.89. The Morgan fingerprint density at radius 3 is 3.00 bits per heavy atom. The molecule has 0 amide bonds. The second-order valence-electron chi connectivity index (χ2n) is 3.10. The quantitative estimate of drug-likeness (QED) is 0.696. The standard InChI is InChI=1S/C8H16N4O/c1-7(5-13-3)9-4-8-11-10-6-12(8)2/h6-7,9H,4-5H2,1-3H3. The third-order valence-corrected chi connectivity index (χ3v) is 1.83. The van der Waals surface area contributed by atoms with Crippen LogP contribution in [-0.4, -0.2) is 34.5 Å². The summed E-state index contributed by atoms with van der Waals surface area (Å²) >= 11 is 0. The van der Waals surface area contributed by atoms with Crippen LogP contribution < -0.4 is 5.32 Å². The summed E-state index contributed by atoms with van der Waals surface area (Å²) in [5.74, 6) is 0.933. The van der Waals surface area contributed by atoms with Gasteiger partial charge in [-0.2, -0.15) is 0 Å². The van der Waals surface area contributed by atoms with Crippen LogP contribution >= 0.6 is 0 Å². The number of ether oxygens (including phenoxy) is 1. The molecule has 1 aromatic rings. The van der Waals surface area contributed by atoms with Crippen molar-refractivity contribution in [3.63, 3.8) is 0 Å². The second-order valence-corrected chi connectivity index (χ2v) is 3.10. The number of aryl methyl sites for hydroxylation is 1. The predicted octanol–water partition coefficient (Wildman–Crippen LogP) is -0.0604. The van der Waals surface area contributed by atoms with Crippen LogP contribution in [0.1, 0.15) is 12.7 Å². The molecule has 1 aromatic heterocycles. The average Bonchev–Trinajstić information content (AvgIpc) is 2.48. The third kappa shape index (κ3) is 3.12. The van der Waals surface area contributed by atoms with Crippen molar-refractivity contribution in [1.82, 2.24) is 20.1 Å². The number of nitrogens with one attached hydrogen (secondary N) is 1. The highest BCUT2D eigenvalue weighted by Gasteiger charge is 2.03. The molecule has 74 valence electrons. The molecule has 0 fully saturated rings. The summed E-state index contributed by atoms with van der Waals surface area (Å²) in [5, 5.41) is 11.0. The molecule has 13 heavy (non-hydrogen) atoms. The first-order valence-corrected chi connectivity index (χ1v) is 4.29. The van der Waals surface area contributed by atoms with E-state index in [1.807, 2.05) is 11.6 Å². The van der Waals surface area contributed by atoms with Crippen molar-refractivity contribution in [2.75, 3.05) is 13.7 Å². The van der Waals surface area contributed by atoms with Crippen molar-refractivity contribution in [2.24, 2.45) is 7.05 Å². The Morgan fingerprint density at radius 1 is 1.69 bits per heavy atom. The van der Waals surface area contributed by atoms with Gasteiger partial charge < -0.3 is 14.6 Å². The van der Waals surface area contributed by atoms with Gasteiger partial charge in [-0.15, -0.1) is 10.2 Å². The molecule has 1 heterocycles. The summed E-state index contributed by atoms with van der Waals surface area (Å²) in [6, 6.07) is 0.335. The Kier molecular flexibility index (Phi) is 3.85. The maximum absolute atomic E-state index is 5.00. The van der Waals surface area contributed by atoms with E-state index in [2.05, 4.69) is 22.4 Å². The van der Waals surface area contributed by atoms with E-state index >= 15 is 0 Å². The van der Waals surface area contributed by atoms with Crippen molar-refractivity contribution in [3.05, 3.63) is 12.2 Å². The minimum absolute atomic E-state index is 0.335. The Balaban J connectivity index is 2.30. The molecule has 1 rings (SSSR count). The van der Waals surface area contributed by atoms with E-state index in [0.29, 0.717) is 12.6 Å². The largest absolute Gasteiger partial charge is 0.383 e. The van der Waals surface area contributed by atoms with Gasteiger partial charge in [0.25, 0.3) is 0 Å². The monoisotopic (exact) mass is 184 g/mol. The molecule has 5 nitrogen and oxygen atoms in total. The van der Waals surface area contributed by atoms with Crippen molar-refractivity contribution >= 4 is 0 Å². The number of hydrogen-bond donors (Lipinski definition) is 1. The van der Waals surface area contributed by atoms with E-state index in [0.717, 1.165) is 12.4 Å². The Hall–Kier alpha value is -0.940. The average molecular weight is 184 g/mol. The lowest BCUT2D eigenvalue weighted by Crippen LogP contribution is -2.30. The zero-order valence-electron chi connectivity index (χ0n) is 8.32. The fraction of sp³-hybridized carbons (Fsp3) is 0.750. The van der Waals surface area contributed by atoms with Crippen molar-refractivity contribution < 1.29 is 4.74 Å². The molecule has 5 heteroatoms. The van der Waals surface area contributed by atoms with Gasteiger partial charge in [0.1, 0.15) is 12.2 Å². The number of methoxy groups -OCH3 is 1. The van der Waals surface area contributed by atoms with Gasteiger partial charge in [-0.05, 0) is 6.92 Å². The van der Waals surface area contributed by atoms with Gasteiger partial charge in [-0.1, -0.05) is 0 Å². The van der Waals surface area contributed by atoms with Gasteiger partial charge in [0, 0.05) is 20.2 Å². The summed E-state index contributed by atoms with van der Waals surface area (Å²) in [5.41, 5.74) is 0. The summed E-state index contributed by atoms with van der Waals surface area (Å²) in [7, 11) is 3.62. The van der Waals surface area contributed by atoms with E-state index < -0.39 is 0 Å². The van der Waals surface area contributed by atoms with E-state index in [1.54, 1.807) is 13.4 Å². The maximum Gasteiger partial charge on any atom is 0.146 e. The van der Waals surface area contributed by atoms with Crippen LogP contribution in [0, 0.1) is 0 Å². The molecule has 0 spiro atoms. The first-order valence-electron chi connectivity index (χ1n) is 4.29. The van der Waals surface area contributed by atoms with Crippen LogP contribution in [0.4, 0.5) is 0 Å². The smallest absolute Gasteiger partial charge is 0.146 e. The van der Waals surface area contributed by atoms with Gasteiger partial charge in [0.2, 0.25) is 0 Å². The molecule has 1 N–H and O–H groups in total. The van der Waals surface area contributed by atoms with Crippen LogP contribution in [0.2, 0.25) is 0 Å². The highest BCUT2D eigenvalue weighted by molar-refractivity contribution is 4.83. The van der Waals surface area contributed by atoms with E-state index in [1.165, 1.54) is 0 Å². The molecule has 0 aliphatic carbocycles.